The normalized spacial score (nSPS) is 42.3. The quantitative estimate of drug-likeness (QED) is 0.283. The topological polar surface area (TPSA) is 26.3 Å². The number of carbonyl (C=O) groups excluding carboxylic acids is 1. The molecule has 9 atom stereocenters. The van der Waals surface area contributed by atoms with E-state index in [2.05, 4.69) is 59.8 Å². The van der Waals surface area contributed by atoms with E-state index in [1.54, 1.807) is 5.57 Å². The predicted octanol–water partition coefficient (Wildman–Crippen LogP) is 9.18. The first-order chi connectivity index (χ1) is 15.6. The fraction of sp³-hybridized carbons (Fsp3) is 0.833. The molecule has 3 heteroatoms. The van der Waals surface area contributed by atoms with Crippen molar-refractivity contribution in [2.45, 2.75) is 105 Å². The van der Waals surface area contributed by atoms with Crippen molar-refractivity contribution in [1.29, 1.82) is 0 Å². The van der Waals surface area contributed by atoms with Gasteiger partial charge in [-0.2, -0.15) is 0 Å². The van der Waals surface area contributed by atoms with Crippen LogP contribution in [-0.2, 0) is 4.74 Å². The van der Waals surface area contributed by atoms with Crippen molar-refractivity contribution in [2.75, 3.05) is 0 Å². The molecule has 0 aromatic carbocycles. The van der Waals surface area contributed by atoms with Gasteiger partial charge >= 0.3 is 5.43 Å². The van der Waals surface area contributed by atoms with E-state index in [1.165, 1.54) is 38.5 Å². The molecule has 0 aromatic rings. The highest BCUT2D eigenvalue weighted by atomic mass is 35.5. The van der Waals surface area contributed by atoms with Crippen LogP contribution in [0.2, 0.25) is 0 Å². The summed E-state index contributed by atoms with van der Waals surface area (Å²) in [6, 6.07) is 0. The molecule has 0 radical (unpaired) electrons. The lowest BCUT2D eigenvalue weighted by molar-refractivity contribution is -0.0541. The lowest BCUT2D eigenvalue weighted by Gasteiger charge is -2.58. The highest BCUT2D eigenvalue weighted by Gasteiger charge is 2.59. The maximum Gasteiger partial charge on any atom is 0.404 e. The summed E-state index contributed by atoms with van der Waals surface area (Å²) in [4.78, 5) is 11.3. The first-order valence-corrected chi connectivity index (χ1v) is 14.2. The molecular weight excluding hydrogens is 428 g/mol. The number of ether oxygens (including phenoxy) is 1. The van der Waals surface area contributed by atoms with Crippen LogP contribution in [0.15, 0.2) is 23.8 Å². The average molecular weight is 475 g/mol. The summed E-state index contributed by atoms with van der Waals surface area (Å²) in [5.41, 5.74) is 1.67. The molecule has 0 aromatic heterocycles. The molecule has 186 valence electrons. The Hall–Kier alpha value is -0.760. The van der Waals surface area contributed by atoms with E-state index in [0.717, 1.165) is 48.9 Å². The molecule has 4 aliphatic rings. The predicted molar refractivity (Wildman–Crippen MR) is 138 cm³/mol. The zero-order valence-corrected chi connectivity index (χ0v) is 22.7. The molecule has 0 unspecified atom stereocenters. The summed E-state index contributed by atoms with van der Waals surface area (Å²) < 4.78 is 5.39. The van der Waals surface area contributed by atoms with E-state index in [1.807, 2.05) is 0 Å². The van der Waals surface area contributed by atoms with Gasteiger partial charge < -0.3 is 4.74 Å². The Morgan fingerprint density at radius 1 is 1.12 bits per heavy atom. The van der Waals surface area contributed by atoms with Gasteiger partial charge in [-0.05, 0) is 104 Å². The van der Waals surface area contributed by atoms with Crippen LogP contribution in [0.25, 0.3) is 0 Å². The summed E-state index contributed by atoms with van der Waals surface area (Å²) in [7, 11) is 0. The number of carbonyl (C=O) groups is 1. The third-order valence-electron chi connectivity index (χ3n) is 11.0. The van der Waals surface area contributed by atoms with E-state index in [0.29, 0.717) is 17.3 Å². The minimum atomic E-state index is -0.648. The number of rotatable bonds is 6. The summed E-state index contributed by atoms with van der Waals surface area (Å²) in [6.07, 6.45) is 18.6. The second-order valence-corrected chi connectivity index (χ2v) is 13.1. The first kappa shape index (κ1) is 25.3. The molecule has 0 saturated heterocycles. The van der Waals surface area contributed by atoms with Crippen LogP contribution in [0.4, 0.5) is 4.79 Å². The van der Waals surface area contributed by atoms with Gasteiger partial charge in [-0.25, -0.2) is 4.79 Å². The summed E-state index contributed by atoms with van der Waals surface area (Å²) in [5, 5.41) is 0. The van der Waals surface area contributed by atoms with Gasteiger partial charge in [0.15, 0.2) is 0 Å². The van der Waals surface area contributed by atoms with Gasteiger partial charge in [-0.15, -0.1) is 0 Å². The molecule has 4 aliphatic carbocycles. The van der Waals surface area contributed by atoms with Gasteiger partial charge in [0.1, 0.15) is 6.10 Å². The molecule has 2 nitrogen and oxygen atoms in total. The monoisotopic (exact) mass is 474 g/mol. The minimum absolute atomic E-state index is 0.0268. The second kappa shape index (κ2) is 9.71. The highest BCUT2D eigenvalue weighted by Crippen LogP contribution is 2.67. The van der Waals surface area contributed by atoms with Crippen LogP contribution in [0.3, 0.4) is 0 Å². The van der Waals surface area contributed by atoms with Gasteiger partial charge in [0, 0.05) is 18.0 Å². The molecular formula is C30H47ClO2. The molecule has 0 spiro atoms. The standard InChI is InChI=1S/C30H47ClO2/c1-7-21(19(2)3)9-8-20(4)25-12-13-26-24-11-10-22-18-23(33-28(31)32)14-16-29(22,5)27(24)15-17-30(25,26)6/h8-10,19-21,23-27H,7,11-18H2,1-6H3/b9-8-/t20-,21+,23-,24-,25+,26-,27-,29-,30+/m0/s1. The van der Waals surface area contributed by atoms with Crippen molar-refractivity contribution >= 4 is 17.0 Å². The van der Waals surface area contributed by atoms with Gasteiger partial charge in [0.2, 0.25) is 0 Å². The smallest absolute Gasteiger partial charge is 0.404 e. The van der Waals surface area contributed by atoms with E-state index in [-0.39, 0.29) is 11.5 Å². The number of hydrogen-bond acceptors (Lipinski definition) is 2. The fourth-order valence-electron chi connectivity index (χ4n) is 9.05. The third-order valence-corrected chi connectivity index (χ3v) is 11.1. The van der Waals surface area contributed by atoms with E-state index in [4.69, 9.17) is 16.3 Å². The molecule has 0 N–H and O–H groups in total. The molecule has 4 rings (SSSR count). The Morgan fingerprint density at radius 3 is 2.55 bits per heavy atom. The van der Waals surface area contributed by atoms with Crippen molar-refractivity contribution in [3.8, 4) is 0 Å². The van der Waals surface area contributed by atoms with Crippen LogP contribution < -0.4 is 0 Å². The van der Waals surface area contributed by atoms with Crippen molar-refractivity contribution < 1.29 is 9.53 Å². The second-order valence-electron chi connectivity index (χ2n) is 12.8. The van der Waals surface area contributed by atoms with Crippen molar-refractivity contribution in [3.05, 3.63) is 23.8 Å². The van der Waals surface area contributed by atoms with Crippen LogP contribution in [0.1, 0.15) is 99.3 Å². The van der Waals surface area contributed by atoms with E-state index < -0.39 is 5.43 Å². The number of fused-ring (bicyclic) bond motifs is 5. The van der Waals surface area contributed by atoms with Crippen molar-refractivity contribution in [2.24, 2.45) is 52.3 Å². The van der Waals surface area contributed by atoms with Crippen molar-refractivity contribution in [1.82, 2.24) is 0 Å². The SMILES string of the molecule is CC[C@H](/C=C\[C@H](C)[C@H]1CC[C@H]2[C@@H]3CC=C4C[C@@H](OC(=O)Cl)CC[C@]4(C)[C@H]3CC[C@]12C)C(C)C. The first-order valence-electron chi connectivity index (χ1n) is 13.8. The Bertz CT molecular complexity index is 784. The van der Waals surface area contributed by atoms with Gasteiger partial charge in [-0.3, -0.25) is 0 Å². The zero-order valence-electron chi connectivity index (χ0n) is 21.9. The molecule has 0 bridgehead atoms. The molecule has 0 amide bonds. The van der Waals surface area contributed by atoms with Gasteiger partial charge in [-0.1, -0.05) is 65.3 Å². The molecule has 3 fully saturated rings. The molecule has 3 saturated carbocycles. The summed E-state index contributed by atoms with van der Waals surface area (Å²) in [6.45, 7) is 14.7. The van der Waals surface area contributed by atoms with Gasteiger partial charge in [0.05, 0.1) is 0 Å². The number of halogens is 1. The van der Waals surface area contributed by atoms with Crippen LogP contribution in [0, 0.1) is 52.3 Å². The number of allylic oxidation sites excluding steroid dienone is 3. The third kappa shape index (κ3) is 4.60. The fourth-order valence-corrected chi connectivity index (χ4v) is 9.17. The van der Waals surface area contributed by atoms with Crippen LogP contribution in [0.5, 0.6) is 0 Å². The Balaban J connectivity index is 1.49. The Kier molecular flexibility index (Phi) is 7.46. The maximum atomic E-state index is 11.3. The highest BCUT2D eigenvalue weighted by molar-refractivity contribution is 6.61. The number of hydrogen-bond donors (Lipinski definition) is 0. The lowest BCUT2D eigenvalue weighted by Crippen LogP contribution is -2.51. The van der Waals surface area contributed by atoms with Crippen molar-refractivity contribution in [3.63, 3.8) is 0 Å². The van der Waals surface area contributed by atoms with Crippen LogP contribution in [-0.4, -0.2) is 11.5 Å². The Labute approximate surface area is 207 Å². The minimum Gasteiger partial charge on any atom is -0.450 e. The summed E-state index contributed by atoms with van der Waals surface area (Å²) >= 11 is 5.52. The summed E-state index contributed by atoms with van der Waals surface area (Å²) in [5.74, 6) is 5.41. The van der Waals surface area contributed by atoms with Crippen LogP contribution >= 0.6 is 11.6 Å². The lowest BCUT2D eigenvalue weighted by atomic mass is 9.47. The average Bonchev–Trinajstić information content (AvgIpc) is 3.11. The zero-order chi connectivity index (χ0) is 24.0. The molecule has 33 heavy (non-hydrogen) atoms. The molecule has 0 aliphatic heterocycles. The largest absolute Gasteiger partial charge is 0.450 e. The van der Waals surface area contributed by atoms with E-state index >= 15 is 0 Å². The molecule has 0 heterocycles. The Morgan fingerprint density at radius 2 is 1.88 bits per heavy atom. The maximum absolute atomic E-state index is 11.3. The van der Waals surface area contributed by atoms with Gasteiger partial charge in [0.25, 0.3) is 0 Å². The van der Waals surface area contributed by atoms with E-state index in [9.17, 15) is 4.79 Å².